The third-order valence-corrected chi connectivity index (χ3v) is 10.1. The van der Waals surface area contributed by atoms with Gasteiger partial charge >= 0.3 is 5.97 Å². The molecule has 6 heteroatoms. The van der Waals surface area contributed by atoms with Gasteiger partial charge in [0.15, 0.2) is 11.5 Å². The van der Waals surface area contributed by atoms with Crippen LogP contribution < -0.4 is 9.47 Å². The Balaban J connectivity index is 1.17. The quantitative estimate of drug-likeness (QED) is 0.0824. The van der Waals surface area contributed by atoms with E-state index in [0.29, 0.717) is 29.8 Å². The minimum absolute atomic E-state index is 0.0181. The first kappa shape index (κ1) is 38.0. The van der Waals surface area contributed by atoms with E-state index in [2.05, 4.69) is 42.2 Å². The van der Waals surface area contributed by atoms with Crippen LogP contribution in [0.15, 0.2) is 48.0 Å². The molecule has 6 nitrogen and oxygen atoms in total. The summed E-state index contributed by atoms with van der Waals surface area (Å²) in [5.74, 6) is 2.29. The number of likely N-dealkylation sites (tertiary alicyclic amines) is 1. The average molecular weight is 662 g/mol. The van der Waals surface area contributed by atoms with Gasteiger partial charge in [-0.25, -0.2) is 4.79 Å². The molecule has 1 aliphatic carbocycles. The molecule has 1 aliphatic heterocycles. The number of benzene rings is 2. The van der Waals surface area contributed by atoms with Crippen LogP contribution in [0.3, 0.4) is 0 Å². The van der Waals surface area contributed by atoms with Crippen molar-refractivity contribution in [2.24, 2.45) is 5.92 Å². The van der Waals surface area contributed by atoms with Crippen molar-refractivity contribution in [3.8, 4) is 11.5 Å². The third-order valence-electron chi connectivity index (χ3n) is 10.1. The van der Waals surface area contributed by atoms with Crippen LogP contribution in [0, 0.1) is 5.92 Å². The Bertz CT molecular complexity index is 1230. The van der Waals surface area contributed by atoms with Crippen molar-refractivity contribution in [2.45, 2.75) is 129 Å². The van der Waals surface area contributed by atoms with Gasteiger partial charge in [-0.15, -0.1) is 0 Å². The predicted molar refractivity (Wildman–Crippen MR) is 196 cm³/mol. The number of hydrogen-bond acceptors (Lipinski definition) is 6. The number of carbonyl (C=O) groups is 1. The lowest BCUT2D eigenvalue weighted by Gasteiger charge is -2.32. The zero-order valence-electron chi connectivity index (χ0n) is 30.4. The summed E-state index contributed by atoms with van der Waals surface area (Å²) in [4.78, 5) is 15.6. The fourth-order valence-corrected chi connectivity index (χ4v) is 7.31. The molecule has 0 unspecified atom stereocenters. The number of nitrogens with zero attached hydrogens (tertiary/aromatic N) is 1. The van der Waals surface area contributed by atoms with Gasteiger partial charge in [0, 0.05) is 18.7 Å². The van der Waals surface area contributed by atoms with Crippen LogP contribution in [0.25, 0.3) is 5.76 Å². The second kappa shape index (κ2) is 22.0. The van der Waals surface area contributed by atoms with Gasteiger partial charge in [0.05, 0.1) is 14.2 Å². The molecule has 48 heavy (non-hydrogen) atoms. The minimum atomic E-state index is -0.326. The highest BCUT2D eigenvalue weighted by Crippen LogP contribution is 2.43. The molecule has 0 spiro atoms. The van der Waals surface area contributed by atoms with Crippen LogP contribution in [-0.4, -0.2) is 51.4 Å². The molecule has 0 saturated carbocycles. The van der Waals surface area contributed by atoms with Crippen molar-refractivity contribution in [1.82, 2.24) is 4.90 Å². The van der Waals surface area contributed by atoms with E-state index in [1.54, 1.807) is 14.2 Å². The highest BCUT2D eigenvalue weighted by Gasteiger charge is 2.30. The van der Waals surface area contributed by atoms with E-state index < -0.39 is 0 Å². The smallest absolute Gasteiger partial charge is 0.337 e. The summed E-state index contributed by atoms with van der Waals surface area (Å²) in [6.45, 7) is 6.04. The zero-order chi connectivity index (χ0) is 33.8. The van der Waals surface area contributed by atoms with Crippen LogP contribution in [0.1, 0.15) is 133 Å². The molecule has 2 aromatic carbocycles. The average Bonchev–Trinajstić information content (AvgIpc) is 3.43. The van der Waals surface area contributed by atoms with Gasteiger partial charge in [0.25, 0.3) is 0 Å². The summed E-state index contributed by atoms with van der Waals surface area (Å²) in [6, 6.07) is 14.7. The second-order valence-corrected chi connectivity index (χ2v) is 14.0. The minimum Gasteiger partial charge on any atom is -0.493 e. The number of unbranched alkanes of at least 4 members (excludes halogenated alkanes) is 13. The van der Waals surface area contributed by atoms with Crippen molar-refractivity contribution in [1.29, 1.82) is 0 Å². The lowest BCUT2D eigenvalue weighted by Crippen LogP contribution is -2.33. The normalized spacial score (nSPS) is 15.1. The van der Waals surface area contributed by atoms with Crippen molar-refractivity contribution >= 4 is 11.7 Å². The predicted octanol–water partition coefficient (Wildman–Crippen LogP) is 10.3. The summed E-state index contributed by atoms with van der Waals surface area (Å²) in [6.07, 6.45) is 22.5. The van der Waals surface area contributed by atoms with Crippen LogP contribution in [-0.2, 0) is 27.2 Å². The topological polar surface area (TPSA) is 57.2 Å². The summed E-state index contributed by atoms with van der Waals surface area (Å²) >= 11 is 0. The van der Waals surface area contributed by atoms with Crippen LogP contribution in [0.2, 0.25) is 0 Å². The van der Waals surface area contributed by atoms with E-state index >= 15 is 0 Å². The molecule has 1 fully saturated rings. The van der Waals surface area contributed by atoms with Crippen LogP contribution in [0.5, 0.6) is 11.5 Å². The van der Waals surface area contributed by atoms with Gasteiger partial charge in [-0.1, -0.05) is 121 Å². The van der Waals surface area contributed by atoms with Crippen molar-refractivity contribution < 1.29 is 23.7 Å². The van der Waals surface area contributed by atoms with Gasteiger partial charge in [-0.05, 0) is 79.9 Å². The first-order chi connectivity index (χ1) is 23.6. The second-order valence-electron chi connectivity index (χ2n) is 14.0. The Labute approximate surface area is 291 Å². The molecule has 1 saturated heterocycles. The molecule has 266 valence electrons. The molecule has 4 rings (SSSR count). The lowest BCUT2D eigenvalue weighted by atomic mass is 9.89. The molecular weight excluding hydrogens is 598 g/mol. The molecule has 2 aromatic rings. The third kappa shape index (κ3) is 12.9. The molecule has 2 aliphatic rings. The van der Waals surface area contributed by atoms with Gasteiger partial charge < -0.3 is 18.9 Å². The molecule has 0 N–H and O–H groups in total. The molecular formula is C42H63NO5. The van der Waals surface area contributed by atoms with Gasteiger partial charge in [-0.3, -0.25) is 4.90 Å². The number of methoxy groups -OCH3 is 2. The number of fused-ring (bicyclic) bond motifs is 1. The highest BCUT2D eigenvalue weighted by molar-refractivity contribution is 5.84. The number of piperidine rings is 1. The maximum absolute atomic E-state index is 13.0. The highest BCUT2D eigenvalue weighted by atomic mass is 16.6. The van der Waals surface area contributed by atoms with E-state index in [0.717, 1.165) is 69.3 Å². The van der Waals surface area contributed by atoms with E-state index in [4.69, 9.17) is 18.9 Å². The van der Waals surface area contributed by atoms with E-state index in [1.807, 2.05) is 12.1 Å². The zero-order valence-corrected chi connectivity index (χ0v) is 30.4. The number of rotatable bonds is 24. The van der Waals surface area contributed by atoms with Gasteiger partial charge in [-0.2, -0.15) is 0 Å². The van der Waals surface area contributed by atoms with Gasteiger partial charge in [0.1, 0.15) is 12.4 Å². The lowest BCUT2D eigenvalue weighted by molar-refractivity contribution is -0.141. The first-order valence-electron chi connectivity index (χ1n) is 19.1. The monoisotopic (exact) mass is 661 g/mol. The fourth-order valence-electron chi connectivity index (χ4n) is 7.31. The molecule has 0 amide bonds. The van der Waals surface area contributed by atoms with Crippen molar-refractivity contribution in [3.05, 3.63) is 64.7 Å². The van der Waals surface area contributed by atoms with Crippen molar-refractivity contribution in [3.63, 3.8) is 0 Å². The van der Waals surface area contributed by atoms with E-state index in [9.17, 15) is 4.79 Å². The Morgan fingerprint density at radius 2 is 1.35 bits per heavy atom. The summed E-state index contributed by atoms with van der Waals surface area (Å²) < 4.78 is 23.1. The van der Waals surface area contributed by atoms with Gasteiger partial charge in [0.2, 0.25) is 0 Å². The Morgan fingerprint density at radius 3 is 1.96 bits per heavy atom. The number of esters is 1. The molecule has 0 bridgehead atoms. The van der Waals surface area contributed by atoms with Crippen molar-refractivity contribution in [2.75, 3.05) is 40.5 Å². The van der Waals surface area contributed by atoms with E-state index in [-0.39, 0.29) is 12.6 Å². The number of hydrogen-bond donors (Lipinski definition) is 0. The molecule has 1 heterocycles. The molecule has 0 aromatic heterocycles. The summed E-state index contributed by atoms with van der Waals surface area (Å²) in [5.41, 5.74) is 4.62. The molecule has 0 radical (unpaired) electrons. The maximum atomic E-state index is 13.0. The Kier molecular flexibility index (Phi) is 17.4. The number of carbonyl (C=O) groups excluding carboxylic acids is 1. The maximum Gasteiger partial charge on any atom is 0.337 e. The number of ether oxygens (including phenoxy) is 4. The largest absolute Gasteiger partial charge is 0.493 e. The summed E-state index contributed by atoms with van der Waals surface area (Å²) in [7, 11) is 3.30. The Hall–Kier alpha value is -2.83. The van der Waals surface area contributed by atoms with Crippen LogP contribution >= 0.6 is 0 Å². The first-order valence-corrected chi connectivity index (χ1v) is 19.1. The summed E-state index contributed by atoms with van der Waals surface area (Å²) in [5, 5.41) is 0. The standard InChI is InChI=1S/C42H63NO5/c1-4-5-6-7-8-9-10-11-12-13-14-15-16-20-27-47-33-41(44)48-42-37(29-36-30-39(45-2)40(46-3)31-38(36)42)28-34-23-25-43(26-24-34)32-35-21-18-17-19-22-35/h17-19,21-22,30-31,34H,4-16,20,23-29,32-33H2,1-3H3. The molecule has 0 atom stereocenters. The van der Waals surface area contributed by atoms with E-state index in [1.165, 1.54) is 88.2 Å². The van der Waals surface area contributed by atoms with Crippen LogP contribution in [0.4, 0.5) is 0 Å². The number of allylic oxidation sites excluding steroid dienone is 1. The fraction of sp³-hybridized carbons (Fsp3) is 0.643. The Morgan fingerprint density at radius 1 is 0.771 bits per heavy atom. The SMILES string of the molecule is CCCCCCCCCCCCCCCCOCC(=O)OC1=C(CC2CCN(Cc3ccccc3)CC2)Cc2cc(OC)c(OC)cc21.